The van der Waals surface area contributed by atoms with Gasteiger partial charge < -0.3 is 38.8 Å². The van der Waals surface area contributed by atoms with Gasteiger partial charge in [0.15, 0.2) is 23.1 Å². The number of benzene rings is 9. The average molecular weight is 2490 g/mol. The van der Waals surface area contributed by atoms with Crippen LogP contribution in [-0.2, 0) is 120 Å². The van der Waals surface area contributed by atoms with Gasteiger partial charge in [0.2, 0.25) is 0 Å². The van der Waals surface area contributed by atoms with Crippen molar-refractivity contribution in [3.8, 4) is 71.9 Å². The van der Waals surface area contributed by atoms with E-state index in [9.17, 15) is 24.3 Å². The fourth-order valence-corrected chi connectivity index (χ4v) is 11.8. The molecule has 0 aliphatic carbocycles. The van der Waals surface area contributed by atoms with Gasteiger partial charge in [0.25, 0.3) is 0 Å². The number of para-hydroxylation sites is 5. The molecule has 0 bridgehead atoms. The number of hydrogen-bond acceptors (Lipinski definition) is 21. The molecule has 16 rings (SSSR count). The second kappa shape index (κ2) is 56.0. The van der Waals surface area contributed by atoms with Crippen LogP contribution in [0.15, 0.2) is 327 Å². The van der Waals surface area contributed by atoms with E-state index in [-0.39, 0.29) is 152 Å². The molecule has 5 N–H and O–H groups in total. The third kappa shape index (κ3) is 37.5. The Balaban J connectivity index is 0.000000442. The summed E-state index contributed by atoms with van der Waals surface area (Å²) in [5.74, 6) is 2.60. The number of hydrogen-bond donors (Lipinski definition) is 5. The summed E-state index contributed by atoms with van der Waals surface area (Å²) >= 11 is 5.11. The summed E-state index contributed by atoms with van der Waals surface area (Å²) in [6.45, 7) is 11.4. The molecule has 0 aliphatic rings. The molecule has 7 aromatic heterocycles. The standard InChI is InChI=1S/C15H10NO.C13H8NO.C13H8NS.C11H6NS2.C9H7NO.C9H6NO.4C5H8O2.5Ir/c1-3-7-12(8-4-1)14-11-16-15(17-14)13-9-5-2-6-10-13;2*1-2-6-10(7-3-1)13-14-11-8-4-5-9-12(11)15-13;1-2-5-9-8(4-1)12-11(14-9)10-6-3-7-13-10;11-8-5-1-3-7-4-2-6-10-9(7)8;1-2-4-8(5-3-1)9-10-6-7-11-9;4*1-4(6)3-5(2)7;;;;;/h1-9,11H;2*1-6,8-9H;1-5,7H;1-6,11H;1-4,6-7H;4*3,6H,1-2H3;;;;;/q4*-1;;-1;;;;;;;;;. The minimum Gasteiger partial charge on any atom is -0.512 e. The Morgan fingerprint density at radius 3 is 1.26 bits per heavy atom. The molecular weight excluding hydrogens is 2410 g/mol. The molecule has 0 aliphatic heterocycles. The van der Waals surface area contributed by atoms with Gasteiger partial charge in [-0.1, -0.05) is 106 Å². The molecule has 0 spiro atoms. The number of phenols is 1. The summed E-state index contributed by atoms with van der Waals surface area (Å²) in [6, 6.07) is 91.5. The van der Waals surface area contributed by atoms with Crippen LogP contribution in [0.4, 0.5) is 0 Å². The Kier molecular flexibility index (Phi) is 49.1. The number of carbonyl (C=O) groups excluding carboxylic acids is 4. The first-order chi connectivity index (χ1) is 53.6. The Labute approximate surface area is 752 Å². The summed E-state index contributed by atoms with van der Waals surface area (Å²) in [4.78, 5) is 67.0. The van der Waals surface area contributed by atoms with Crippen LogP contribution in [0.1, 0.15) is 55.4 Å². The van der Waals surface area contributed by atoms with E-state index in [4.69, 9.17) is 33.7 Å². The molecule has 5 radical (unpaired) electrons. The van der Waals surface area contributed by atoms with E-state index in [1.807, 2.05) is 218 Å². The molecule has 7 heterocycles. The molecule has 0 amide bonds. The first kappa shape index (κ1) is 102. The fourth-order valence-electron chi connectivity index (χ4n) is 9.16. The predicted molar refractivity (Wildman–Crippen MR) is 443 cm³/mol. The largest absolute Gasteiger partial charge is 0.512 e. The van der Waals surface area contributed by atoms with E-state index in [0.29, 0.717) is 23.2 Å². The first-order valence-electron chi connectivity index (χ1n) is 33.9. The quantitative estimate of drug-likeness (QED) is 0.0483. The minimum absolute atomic E-state index is 0. The number of pyridine rings is 1. The molecular formula is C90H77Ir5N6O12S3-5. The van der Waals surface area contributed by atoms with Gasteiger partial charge >= 0.3 is 0 Å². The predicted octanol–water partition coefficient (Wildman–Crippen LogP) is 22.9. The van der Waals surface area contributed by atoms with Gasteiger partial charge in [-0.25, -0.2) is 11.3 Å². The van der Waals surface area contributed by atoms with Crippen LogP contribution in [0.3, 0.4) is 0 Å². The maximum Gasteiger partial charge on any atom is 0.155 e. The van der Waals surface area contributed by atoms with E-state index in [0.717, 1.165) is 76.0 Å². The summed E-state index contributed by atoms with van der Waals surface area (Å²) in [6.07, 6.45) is 11.2. The van der Waals surface area contributed by atoms with E-state index >= 15 is 0 Å². The monoisotopic (exact) mass is 2490 g/mol. The molecule has 0 unspecified atom stereocenters. The van der Waals surface area contributed by atoms with Gasteiger partial charge in [0.1, 0.15) is 40.3 Å². The molecule has 16 aromatic rings. The Hall–Kier alpha value is -10.4. The Morgan fingerprint density at radius 2 is 0.828 bits per heavy atom. The number of fused-ring (bicyclic) bond motifs is 4. The zero-order valence-corrected chi connectivity index (χ0v) is 77.8. The number of rotatable bonds is 10. The number of phenolic OH excluding ortho intramolecular Hbond substituents is 1. The second-order valence-corrected chi connectivity index (χ2v) is 26.1. The normalized spacial score (nSPS) is 10.2. The molecule has 18 nitrogen and oxygen atoms in total. The van der Waals surface area contributed by atoms with Crippen LogP contribution >= 0.6 is 34.0 Å². The van der Waals surface area contributed by atoms with Crippen molar-refractivity contribution < 1.29 is 158 Å². The number of aromatic nitrogens is 6. The van der Waals surface area contributed by atoms with Crippen LogP contribution in [0, 0.1) is 30.3 Å². The van der Waals surface area contributed by atoms with Crippen molar-refractivity contribution in [2.45, 2.75) is 55.4 Å². The summed E-state index contributed by atoms with van der Waals surface area (Å²) in [5.41, 5.74) is 9.23. The van der Waals surface area contributed by atoms with Crippen molar-refractivity contribution in [3.63, 3.8) is 0 Å². The van der Waals surface area contributed by atoms with Crippen LogP contribution in [0.25, 0.3) is 109 Å². The van der Waals surface area contributed by atoms with Crippen LogP contribution in [0.5, 0.6) is 5.75 Å². The third-order valence-corrected chi connectivity index (χ3v) is 16.6. The Bertz CT molecular complexity index is 5240. The van der Waals surface area contributed by atoms with Crippen LogP contribution in [-0.4, -0.2) is 78.6 Å². The fraction of sp³-hybridized carbons (Fsp3) is 0.0889. The van der Waals surface area contributed by atoms with Gasteiger partial charge in [-0.05, 0) is 104 Å². The number of aliphatic hydroxyl groups is 4. The molecule has 116 heavy (non-hydrogen) atoms. The zero-order valence-electron chi connectivity index (χ0n) is 63.4. The van der Waals surface area contributed by atoms with Gasteiger partial charge in [-0.3, -0.25) is 49.1 Å². The number of allylic oxidation sites excluding steroid dienone is 8. The molecule has 0 fully saturated rings. The summed E-state index contributed by atoms with van der Waals surface area (Å²) < 4.78 is 18.9. The van der Waals surface area contributed by atoms with E-state index in [2.05, 4.69) is 72.4 Å². The van der Waals surface area contributed by atoms with Gasteiger partial charge in [0.05, 0.1) is 58.2 Å². The van der Waals surface area contributed by atoms with Crippen molar-refractivity contribution in [1.29, 1.82) is 0 Å². The van der Waals surface area contributed by atoms with E-state index < -0.39 is 0 Å². The van der Waals surface area contributed by atoms with E-state index in [1.165, 1.54) is 89.1 Å². The maximum atomic E-state index is 10.0. The number of ketones is 4. The number of carbonyl (C=O) groups is 4. The molecule has 0 saturated heterocycles. The Morgan fingerprint density at radius 1 is 0.388 bits per heavy atom. The smallest absolute Gasteiger partial charge is 0.155 e. The number of thiophene rings is 1. The summed E-state index contributed by atoms with van der Waals surface area (Å²) in [5, 5.41) is 47.9. The van der Waals surface area contributed by atoms with Crippen molar-refractivity contribution >= 4 is 99.6 Å². The summed E-state index contributed by atoms with van der Waals surface area (Å²) in [7, 11) is 0. The number of aliphatic hydroxyl groups excluding tert-OH is 4. The van der Waals surface area contributed by atoms with Gasteiger partial charge in [0, 0.05) is 161 Å². The number of aromatic hydroxyl groups is 1. The molecule has 0 atom stereocenters. The van der Waals surface area contributed by atoms with Gasteiger partial charge in [-0.15, -0.1) is 132 Å². The van der Waals surface area contributed by atoms with Crippen molar-refractivity contribution in [2.75, 3.05) is 0 Å². The van der Waals surface area contributed by atoms with Crippen LogP contribution < -0.4 is 0 Å². The molecule has 607 valence electrons. The first-order valence-corrected chi connectivity index (χ1v) is 36.5. The molecule has 26 heteroatoms. The second-order valence-electron chi connectivity index (χ2n) is 23.1. The van der Waals surface area contributed by atoms with Crippen molar-refractivity contribution in [3.05, 3.63) is 344 Å². The maximum absolute atomic E-state index is 10.0. The molecule has 0 saturated carbocycles. The van der Waals surface area contributed by atoms with Crippen molar-refractivity contribution in [1.82, 2.24) is 29.9 Å². The number of oxazole rings is 3. The van der Waals surface area contributed by atoms with Gasteiger partial charge in [-0.2, -0.15) is 34.8 Å². The zero-order chi connectivity index (χ0) is 79.7. The number of nitrogens with zero attached hydrogens (tertiary/aromatic N) is 6. The SMILES string of the molecule is CC(=O)C=C(C)O.CC(=O)C=C(C)O.CC(=O)C=C(C)O.CC(=O)C=C(C)O.Oc1cccc2cccnc12.[Ir].[Ir].[Ir].[Ir].[Ir].[c-]1ccccc1-c1nc2ccccc2o1.[c-]1ccccc1-c1nc2ccccc2s1.[c-]1ccccc1-c1ncc(-c2ccccc2)o1.[c-]1ccccc1-c1ncco1.[c-]1ccsc1-c1nc2ccccc2s1. The van der Waals surface area contributed by atoms with Crippen molar-refractivity contribution in [2.24, 2.45) is 0 Å². The third-order valence-electron chi connectivity index (χ3n) is 13.6. The number of thiazole rings is 2. The minimum atomic E-state index is -0.125. The van der Waals surface area contributed by atoms with Crippen LogP contribution in [0.2, 0.25) is 0 Å². The topological polar surface area (TPSA) is 286 Å². The molecule has 9 aromatic carbocycles. The average Bonchev–Trinajstić information content (AvgIpc) is 1.74. The van der Waals surface area contributed by atoms with E-state index in [1.54, 1.807) is 71.0 Å².